The predicted octanol–water partition coefficient (Wildman–Crippen LogP) is 4.70. The number of unbranched alkanes of at least 4 members (excludes halogenated alkanes) is 1. The van der Waals surface area contributed by atoms with Gasteiger partial charge in [-0.15, -0.1) is 11.6 Å². The Morgan fingerprint density at radius 2 is 1.94 bits per heavy atom. The lowest BCUT2D eigenvalue weighted by Gasteiger charge is -2.28. The van der Waals surface area contributed by atoms with Gasteiger partial charge < -0.3 is 4.74 Å². The topological polar surface area (TPSA) is 9.23 Å². The summed E-state index contributed by atoms with van der Waals surface area (Å²) in [5.74, 6) is 0.714. The maximum Gasteiger partial charge on any atom is 0.0691 e. The van der Waals surface area contributed by atoms with Crippen LogP contribution in [0.4, 0.5) is 0 Å². The first-order valence-corrected chi connectivity index (χ1v) is 6.87. The normalized spacial score (nSPS) is 14.6. The van der Waals surface area contributed by atoms with E-state index in [0.717, 1.165) is 36.3 Å². The zero-order valence-electron chi connectivity index (χ0n) is 10.5. The minimum absolute atomic E-state index is 0.156. The molecular weight excluding hydrogens is 255 g/mol. The Balaban J connectivity index is 2.65. The van der Waals surface area contributed by atoms with E-state index in [0.29, 0.717) is 5.88 Å². The maximum atomic E-state index is 6.17. The summed E-state index contributed by atoms with van der Waals surface area (Å²) in [6, 6.07) is 7.94. The van der Waals surface area contributed by atoms with E-state index in [1.165, 1.54) is 0 Å². The van der Waals surface area contributed by atoms with Gasteiger partial charge >= 0.3 is 0 Å². The molecule has 0 spiro atoms. The highest BCUT2D eigenvalue weighted by Gasteiger charge is 2.24. The highest BCUT2D eigenvalue weighted by Crippen LogP contribution is 2.27. The Bertz CT molecular complexity index is 341. The van der Waals surface area contributed by atoms with Crippen LogP contribution < -0.4 is 0 Å². The van der Waals surface area contributed by atoms with Gasteiger partial charge in [-0.25, -0.2) is 0 Å². The maximum absolute atomic E-state index is 6.17. The molecule has 0 fully saturated rings. The zero-order valence-corrected chi connectivity index (χ0v) is 12.0. The summed E-state index contributed by atoms with van der Waals surface area (Å²) in [7, 11) is 1.76. The number of rotatable bonds is 7. The molecule has 0 saturated heterocycles. The Morgan fingerprint density at radius 1 is 1.24 bits per heavy atom. The highest BCUT2D eigenvalue weighted by atomic mass is 35.5. The molecule has 1 atom stereocenters. The van der Waals surface area contributed by atoms with Gasteiger partial charge in [0.05, 0.1) is 5.60 Å². The smallest absolute Gasteiger partial charge is 0.0691 e. The molecule has 0 N–H and O–H groups in total. The highest BCUT2D eigenvalue weighted by molar-refractivity contribution is 6.31. The van der Waals surface area contributed by atoms with Crippen molar-refractivity contribution in [3.8, 4) is 0 Å². The molecular formula is C14H20Cl2O. The molecule has 0 bridgehead atoms. The average Bonchev–Trinajstić information content (AvgIpc) is 2.33. The van der Waals surface area contributed by atoms with E-state index in [1.807, 2.05) is 18.2 Å². The van der Waals surface area contributed by atoms with Crippen LogP contribution in [-0.2, 0) is 11.2 Å². The van der Waals surface area contributed by atoms with Gasteiger partial charge in [-0.3, -0.25) is 0 Å². The monoisotopic (exact) mass is 274 g/mol. The first kappa shape index (κ1) is 14.8. The van der Waals surface area contributed by atoms with E-state index in [1.54, 1.807) is 7.11 Å². The van der Waals surface area contributed by atoms with Gasteiger partial charge in [0.2, 0.25) is 0 Å². The Hall–Kier alpha value is -0.240. The molecule has 0 aromatic heterocycles. The third-order valence-corrected chi connectivity index (χ3v) is 3.74. The largest absolute Gasteiger partial charge is 0.378 e. The fourth-order valence-electron chi connectivity index (χ4n) is 1.90. The Kier molecular flexibility index (Phi) is 6.32. The van der Waals surface area contributed by atoms with E-state index in [4.69, 9.17) is 27.9 Å². The quantitative estimate of drug-likeness (QED) is 0.518. The van der Waals surface area contributed by atoms with Crippen LogP contribution in [0.3, 0.4) is 0 Å². The van der Waals surface area contributed by atoms with Crippen molar-refractivity contribution in [1.29, 1.82) is 0 Å². The van der Waals surface area contributed by atoms with Gasteiger partial charge in [0, 0.05) is 24.4 Å². The SMILES string of the molecule is COC(C)(CCCCCl)Cc1ccccc1Cl. The van der Waals surface area contributed by atoms with E-state index in [9.17, 15) is 0 Å². The van der Waals surface area contributed by atoms with Crippen LogP contribution in [0.15, 0.2) is 24.3 Å². The summed E-state index contributed by atoms with van der Waals surface area (Å²) in [5, 5.41) is 0.813. The summed E-state index contributed by atoms with van der Waals surface area (Å²) in [6.45, 7) is 2.13. The number of methoxy groups -OCH3 is 1. The lowest BCUT2D eigenvalue weighted by atomic mass is 9.91. The molecule has 0 amide bonds. The molecule has 1 aromatic carbocycles. The zero-order chi connectivity index (χ0) is 12.7. The van der Waals surface area contributed by atoms with Crippen LogP contribution >= 0.6 is 23.2 Å². The molecule has 1 rings (SSSR count). The van der Waals surface area contributed by atoms with Crippen molar-refractivity contribution in [2.75, 3.05) is 13.0 Å². The Morgan fingerprint density at radius 3 is 2.53 bits per heavy atom. The molecule has 1 nitrogen and oxygen atoms in total. The van der Waals surface area contributed by atoms with Gasteiger partial charge in [0.1, 0.15) is 0 Å². The molecule has 0 heterocycles. The second-order valence-corrected chi connectivity index (χ2v) is 5.35. The summed E-state index contributed by atoms with van der Waals surface area (Å²) in [4.78, 5) is 0. The minimum atomic E-state index is -0.156. The minimum Gasteiger partial charge on any atom is -0.378 e. The lowest BCUT2D eigenvalue weighted by molar-refractivity contribution is -0.00236. The number of benzene rings is 1. The van der Waals surface area contributed by atoms with Gasteiger partial charge in [-0.1, -0.05) is 29.8 Å². The lowest BCUT2D eigenvalue weighted by Crippen LogP contribution is -2.30. The fourth-order valence-corrected chi connectivity index (χ4v) is 2.29. The average molecular weight is 275 g/mol. The van der Waals surface area contributed by atoms with Crippen molar-refractivity contribution in [3.05, 3.63) is 34.9 Å². The molecule has 1 aromatic rings. The summed E-state index contributed by atoms with van der Waals surface area (Å²) >= 11 is 11.9. The molecule has 0 radical (unpaired) electrons. The van der Waals surface area contributed by atoms with Crippen LogP contribution in [0.1, 0.15) is 31.7 Å². The van der Waals surface area contributed by atoms with Crippen LogP contribution in [0.25, 0.3) is 0 Å². The third-order valence-electron chi connectivity index (χ3n) is 3.10. The molecule has 0 aliphatic rings. The number of halogens is 2. The van der Waals surface area contributed by atoms with Crippen LogP contribution in [0, 0.1) is 0 Å². The summed E-state index contributed by atoms with van der Waals surface area (Å²) in [5.41, 5.74) is 0.987. The number of hydrogen-bond donors (Lipinski definition) is 0. The molecule has 17 heavy (non-hydrogen) atoms. The number of ether oxygens (including phenoxy) is 1. The van der Waals surface area contributed by atoms with Gasteiger partial charge in [-0.2, -0.15) is 0 Å². The van der Waals surface area contributed by atoms with E-state index in [2.05, 4.69) is 13.0 Å². The van der Waals surface area contributed by atoms with Crippen molar-refractivity contribution < 1.29 is 4.74 Å². The van der Waals surface area contributed by atoms with Gasteiger partial charge in [0.15, 0.2) is 0 Å². The third kappa shape index (κ3) is 4.87. The second kappa shape index (κ2) is 7.25. The van der Waals surface area contributed by atoms with Crippen molar-refractivity contribution >= 4 is 23.2 Å². The first-order chi connectivity index (χ1) is 8.11. The molecule has 96 valence electrons. The van der Waals surface area contributed by atoms with E-state index < -0.39 is 0 Å². The van der Waals surface area contributed by atoms with Crippen molar-refractivity contribution in [2.24, 2.45) is 0 Å². The molecule has 0 aliphatic carbocycles. The van der Waals surface area contributed by atoms with Crippen LogP contribution in [0.2, 0.25) is 5.02 Å². The Labute approximate surface area is 114 Å². The van der Waals surface area contributed by atoms with E-state index >= 15 is 0 Å². The molecule has 0 aliphatic heterocycles. The van der Waals surface area contributed by atoms with Crippen molar-refractivity contribution in [2.45, 2.75) is 38.2 Å². The summed E-state index contributed by atoms with van der Waals surface area (Å²) in [6.07, 6.45) is 3.95. The standard InChI is InChI=1S/C14H20Cl2O/c1-14(17-2,9-5-6-10-15)11-12-7-3-4-8-13(12)16/h3-4,7-8H,5-6,9-11H2,1-2H3. The molecule has 0 saturated carbocycles. The number of hydrogen-bond acceptors (Lipinski definition) is 1. The predicted molar refractivity (Wildman–Crippen MR) is 75.1 cm³/mol. The first-order valence-electron chi connectivity index (χ1n) is 5.96. The van der Waals surface area contributed by atoms with E-state index in [-0.39, 0.29) is 5.60 Å². The van der Waals surface area contributed by atoms with Gasteiger partial charge in [-0.05, 0) is 37.8 Å². The molecule has 3 heteroatoms. The van der Waals surface area contributed by atoms with Gasteiger partial charge in [0.25, 0.3) is 0 Å². The van der Waals surface area contributed by atoms with Crippen LogP contribution in [0.5, 0.6) is 0 Å². The second-order valence-electron chi connectivity index (χ2n) is 4.57. The summed E-state index contributed by atoms with van der Waals surface area (Å²) < 4.78 is 5.64. The van der Waals surface area contributed by atoms with Crippen LogP contribution in [-0.4, -0.2) is 18.6 Å². The fraction of sp³-hybridized carbons (Fsp3) is 0.571. The number of alkyl halides is 1. The van der Waals surface area contributed by atoms with Crippen molar-refractivity contribution in [3.63, 3.8) is 0 Å². The van der Waals surface area contributed by atoms with Crippen molar-refractivity contribution in [1.82, 2.24) is 0 Å². The molecule has 1 unspecified atom stereocenters.